The molecule has 1 amide bonds. The number of nitrogens with zero attached hydrogens (tertiary/aromatic N) is 5. The van der Waals surface area contributed by atoms with E-state index in [0.29, 0.717) is 0 Å². The fourth-order valence-electron chi connectivity index (χ4n) is 3.75. The second-order valence-corrected chi connectivity index (χ2v) is 7.25. The van der Waals surface area contributed by atoms with Gasteiger partial charge in [-0.05, 0) is 62.7 Å². The molecule has 0 aliphatic carbocycles. The minimum Gasteiger partial charge on any atom is -0.326 e. The third kappa shape index (κ3) is 4.67. The minimum atomic E-state index is 0.0341. The summed E-state index contributed by atoms with van der Waals surface area (Å²) in [6.45, 7) is 3.81. The van der Waals surface area contributed by atoms with Crippen LogP contribution in [0.4, 0.5) is 5.69 Å². The van der Waals surface area contributed by atoms with Crippen molar-refractivity contribution in [1.29, 1.82) is 0 Å². The number of carbonyl (C=O) groups is 1. The van der Waals surface area contributed by atoms with Gasteiger partial charge in [-0.1, -0.05) is 6.07 Å². The number of aryl methyl sites for hydroxylation is 1. The molecule has 28 heavy (non-hydrogen) atoms. The summed E-state index contributed by atoms with van der Waals surface area (Å²) >= 11 is 0. The Bertz CT molecular complexity index is 874. The predicted molar refractivity (Wildman–Crippen MR) is 108 cm³/mol. The average Bonchev–Trinajstić information content (AvgIpc) is 3.43. The number of hydrogen-bond donors (Lipinski definition) is 1. The largest absolute Gasteiger partial charge is 0.326 e. The lowest BCUT2D eigenvalue weighted by Gasteiger charge is -2.32. The summed E-state index contributed by atoms with van der Waals surface area (Å²) in [4.78, 5) is 15.2. The molecule has 7 heteroatoms. The average molecular weight is 378 g/mol. The maximum absolute atomic E-state index is 12.8. The zero-order valence-electron chi connectivity index (χ0n) is 15.9. The number of rotatable bonds is 7. The van der Waals surface area contributed by atoms with Gasteiger partial charge in [0.15, 0.2) is 0 Å². The van der Waals surface area contributed by atoms with Crippen LogP contribution < -0.4 is 5.32 Å². The first-order valence-corrected chi connectivity index (χ1v) is 9.89. The highest BCUT2D eigenvalue weighted by Gasteiger charge is 2.25. The first kappa shape index (κ1) is 18.4. The second-order valence-electron chi connectivity index (χ2n) is 7.25. The van der Waals surface area contributed by atoms with Crippen molar-refractivity contribution in [3.8, 4) is 5.69 Å². The van der Waals surface area contributed by atoms with Crippen molar-refractivity contribution in [1.82, 2.24) is 24.5 Å². The van der Waals surface area contributed by atoms with Crippen LogP contribution in [0.2, 0.25) is 0 Å². The van der Waals surface area contributed by atoms with Gasteiger partial charge in [-0.3, -0.25) is 9.48 Å². The number of hydrogen-bond acceptors (Lipinski definition) is 4. The molecule has 0 spiro atoms. The summed E-state index contributed by atoms with van der Waals surface area (Å²) < 4.78 is 3.75. The smallest absolute Gasteiger partial charge is 0.228 e. The van der Waals surface area contributed by atoms with Crippen molar-refractivity contribution in [2.75, 3.05) is 25.0 Å². The van der Waals surface area contributed by atoms with E-state index >= 15 is 0 Å². The number of aromatic nitrogens is 4. The zero-order chi connectivity index (χ0) is 19.2. The summed E-state index contributed by atoms with van der Waals surface area (Å²) in [6, 6.07) is 11.6. The van der Waals surface area contributed by atoms with E-state index in [1.165, 1.54) is 0 Å². The van der Waals surface area contributed by atoms with Gasteiger partial charge in [-0.2, -0.15) is 10.2 Å². The Kier molecular flexibility index (Phi) is 5.82. The van der Waals surface area contributed by atoms with Crippen LogP contribution >= 0.6 is 0 Å². The molecular formula is C21H26N6O. The highest BCUT2D eigenvalue weighted by atomic mass is 16.1. The third-order valence-corrected chi connectivity index (χ3v) is 5.18. The Balaban J connectivity index is 1.30. The molecule has 1 unspecified atom stereocenters. The molecule has 3 aromatic rings. The number of carbonyl (C=O) groups excluding carboxylic acids is 1. The minimum absolute atomic E-state index is 0.0341. The van der Waals surface area contributed by atoms with Gasteiger partial charge in [-0.15, -0.1) is 0 Å². The molecule has 4 rings (SSSR count). The van der Waals surface area contributed by atoms with Gasteiger partial charge in [0.2, 0.25) is 5.91 Å². The quantitative estimate of drug-likeness (QED) is 0.686. The number of piperidine rings is 1. The van der Waals surface area contributed by atoms with Crippen LogP contribution in [-0.2, 0) is 11.3 Å². The molecule has 0 saturated carbocycles. The van der Waals surface area contributed by atoms with Crippen LogP contribution in [0.3, 0.4) is 0 Å². The van der Waals surface area contributed by atoms with E-state index in [1.54, 1.807) is 10.9 Å². The Hall–Kier alpha value is -2.93. The first-order valence-electron chi connectivity index (χ1n) is 9.89. The van der Waals surface area contributed by atoms with E-state index < -0.39 is 0 Å². The number of anilines is 1. The van der Waals surface area contributed by atoms with Gasteiger partial charge in [0.05, 0.1) is 11.6 Å². The molecule has 0 bridgehead atoms. The van der Waals surface area contributed by atoms with Crippen LogP contribution in [0, 0.1) is 5.92 Å². The van der Waals surface area contributed by atoms with Gasteiger partial charge >= 0.3 is 0 Å². The van der Waals surface area contributed by atoms with Crippen LogP contribution in [0.1, 0.15) is 19.3 Å². The van der Waals surface area contributed by atoms with Gasteiger partial charge in [0, 0.05) is 43.6 Å². The Morgan fingerprint density at radius 1 is 1.11 bits per heavy atom. The maximum Gasteiger partial charge on any atom is 0.228 e. The summed E-state index contributed by atoms with van der Waals surface area (Å²) in [5.74, 6) is 0.140. The van der Waals surface area contributed by atoms with E-state index in [-0.39, 0.29) is 11.8 Å². The molecule has 2 aromatic heterocycles. The van der Waals surface area contributed by atoms with E-state index in [4.69, 9.17) is 0 Å². The highest BCUT2D eigenvalue weighted by molar-refractivity contribution is 5.93. The van der Waals surface area contributed by atoms with E-state index in [2.05, 4.69) is 20.4 Å². The van der Waals surface area contributed by atoms with Gasteiger partial charge in [0.25, 0.3) is 0 Å². The van der Waals surface area contributed by atoms with Crippen molar-refractivity contribution < 1.29 is 4.79 Å². The molecule has 1 fully saturated rings. The van der Waals surface area contributed by atoms with Crippen LogP contribution in [-0.4, -0.2) is 50.0 Å². The lowest BCUT2D eigenvalue weighted by molar-refractivity contribution is -0.121. The Morgan fingerprint density at radius 3 is 2.82 bits per heavy atom. The van der Waals surface area contributed by atoms with Gasteiger partial charge < -0.3 is 10.2 Å². The fourth-order valence-corrected chi connectivity index (χ4v) is 3.75. The van der Waals surface area contributed by atoms with Crippen LogP contribution in [0.25, 0.3) is 5.69 Å². The molecule has 7 nitrogen and oxygen atoms in total. The van der Waals surface area contributed by atoms with Crippen molar-refractivity contribution in [3.63, 3.8) is 0 Å². The second kappa shape index (κ2) is 8.84. The molecule has 1 aromatic carbocycles. The SMILES string of the molecule is O=C(Nc1cccc(-n2cccn2)c1)C1CCCN(CCCn2cccn2)C1. The van der Waals surface area contributed by atoms with Crippen molar-refractivity contribution in [2.45, 2.75) is 25.8 Å². The molecular weight excluding hydrogens is 352 g/mol. The molecule has 1 aliphatic heterocycles. The number of benzene rings is 1. The van der Waals surface area contributed by atoms with Crippen molar-refractivity contribution in [2.24, 2.45) is 5.92 Å². The normalized spacial score (nSPS) is 17.5. The molecule has 1 saturated heterocycles. The summed E-state index contributed by atoms with van der Waals surface area (Å²) in [7, 11) is 0. The van der Waals surface area contributed by atoms with Gasteiger partial charge in [0.1, 0.15) is 0 Å². The molecule has 1 atom stereocenters. The molecule has 146 valence electrons. The van der Waals surface area contributed by atoms with Gasteiger partial charge in [-0.25, -0.2) is 4.68 Å². The molecule has 1 aliphatic rings. The fraction of sp³-hybridized carbons (Fsp3) is 0.381. The van der Waals surface area contributed by atoms with E-state index in [0.717, 1.165) is 56.8 Å². The summed E-state index contributed by atoms with van der Waals surface area (Å²) in [5.41, 5.74) is 1.75. The molecule has 0 radical (unpaired) electrons. The monoisotopic (exact) mass is 378 g/mol. The van der Waals surface area contributed by atoms with Crippen molar-refractivity contribution in [3.05, 3.63) is 61.2 Å². The lowest BCUT2D eigenvalue weighted by Crippen LogP contribution is -2.41. The molecule has 1 N–H and O–H groups in total. The summed E-state index contributed by atoms with van der Waals surface area (Å²) in [6.07, 6.45) is 10.5. The van der Waals surface area contributed by atoms with E-state index in [1.807, 2.05) is 59.7 Å². The third-order valence-electron chi connectivity index (χ3n) is 5.18. The van der Waals surface area contributed by atoms with Crippen molar-refractivity contribution >= 4 is 11.6 Å². The topological polar surface area (TPSA) is 68.0 Å². The Morgan fingerprint density at radius 2 is 2.00 bits per heavy atom. The van der Waals surface area contributed by atoms with Crippen LogP contribution in [0.5, 0.6) is 0 Å². The number of nitrogens with one attached hydrogen (secondary N) is 1. The lowest BCUT2D eigenvalue weighted by atomic mass is 9.97. The standard InChI is InChI=1S/C21H26N6O/c28-21(24-19-7-1-8-20(16-19)27-15-4-10-23-27)18-6-2-11-25(17-18)12-5-14-26-13-3-9-22-26/h1,3-4,7-10,13,15-16,18H,2,5-6,11-12,14,17H2,(H,24,28). The van der Waals surface area contributed by atoms with E-state index in [9.17, 15) is 4.79 Å². The van der Waals surface area contributed by atoms with Crippen LogP contribution in [0.15, 0.2) is 61.2 Å². The zero-order valence-corrected chi connectivity index (χ0v) is 15.9. The number of amides is 1. The molecule has 3 heterocycles. The number of likely N-dealkylation sites (tertiary alicyclic amines) is 1. The highest BCUT2D eigenvalue weighted by Crippen LogP contribution is 2.20. The Labute approximate surface area is 165 Å². The summed E-state index contributed by atoms with van der Waals surface area (Å²) in [5, 5.41) is 11.6. The maximum atomic E-state index is 12.8. The first-order chi connectivity index (χ1) is 13.8. The predicted octanol–water partition coefficient (Wildman–Crippen LogP) is 2.81.